The molecule has 6 nitrogen and oxygen atoms in total. The lowest BCUT2D eigenvalue weighted by Crippen LogP contribution is -2.17. The van der Waals surface area contributed by atoms with Crippen LogP contribution in [0, 0.1) is 0 Å². The number of carbonyl (C=O) groups is 1. The largest absolute Gasteiger partial charge is 0.497 e. The third-order valence-electron chi connectivity index (χ3n) is 7.22. The minimum atomic E-state index is -0.311. The monoisotopic (exact) mass is 551 g/mol. The lowest BCUT2D eigenvalue weighted by Gasteiger charge is -2.15. The molecule has 0 aliphatic rings. The van der Waals surface area contributed by atoms with Crippen LogP contribution in [-0.4, -0.2) is 30.9 Å². The maximum absolute atomic E-state index is 13.0. The number of nitrogens with zero attached hydrogens (tertiary/aromatic N) is 2. The van der Waals surface area contributed by atoms with E-state index in [-0.39, 0.29) is 5.91 Å². The number of nitrogens with one attached hydrogen (secondary N) is 1. The summed E-state index contributed by atoms with van der Waals surface area (Å²) in [6.45, 7) is 0. The van der Waals surface area contributed by atoms with Gasteiger partial charge in [-0.3, -0.25) is 4.79 Å². The summed E-state index contributed by atoms with van der Waals surface area (Å²) >= 11 is 0. The van der Waals surface area contributed by atoms with Gasteiger partial charge in [0.05, 0.1) is 31.8 Å². The summed E-state index contributed by atoms with van der Waals surface area (Å²) in [5.41, 5.74) is 9.21. The molecule has 1 heterocycles. The van der Waals surface area contributed by atoms with Crippen molar-refractivity contribution in [3.8, 4) is 39.7 Å². The molecule has 5 aromatic carbocycles. The Morgan fingerprint density at radius 3 is 1.93 bits per heavy atom. The van der Waals surface area contributed by atoms with Gasteiger partial charge >= 0.3 is 0 Å². The van der Waals surface area contributed by atoms with E-state index in [4.69, 9.17) is 9.47 Å². The number of benzene rings is 5. The number of ether oxygens (including phenoxy) is 2. The molecule has 0 unspecified atom stereocenters. The number of methoxy groups -OCH3 is 2. The van der Waals surface area contributed by atoms with Crippen LogP contribution in [0.15, 0.2) is 132 Å². The van der Waals surface area contributed by atoms with Crippen molar-refractivity contribution in [2.75, 3.05) is 14.2 Å². The molecule has 42 heavy (non-hydrogen) atoms. The van der Waals surface area contributed by atoms with E-state index in [1.165, 1.54) is 0 Å². The van der Waals surface area contributed by atoms with Gasteiger partial charge in [-0.1, -0.05) is 72.8 Å². The predicted molar refractivity (Wildman–Crippen MR) is 169 cm³/mol. The minimum Gasteiger partial charge on any atom is -0.497 e. The van der Waals surface area contributed by atoms with Crippen molar-refractivity contribution in [3.63, 3.8) is 0 Å². The van der Waals surface area contributed by atoms with Crippen LogP contribution in [0.2, 0.25) is 0 Å². The molecular weight excluding hydrogens is 522 g/mol. The highest BCUT2D eigenvalue weighted by Crippen LogP contribution is 2.33. The molecule has 0 spiro atoms. The van der Waals surface area contributed by atoms with Crippen molar-refractivity contribution in [1.82, 2.24) is 9.99 Å². The van der Waals surface area contributed by atoms with E-state index < -0.39 is 0 Å². The van der Waals surface area contributed by atoms with E-state index in [1.807, 2.05) is 91.0 Å². The van der Waals surface area contributed by atoms with Crippen LogP contribution in [0.3, 0.4) is 0 Å². The fourth-order valence-corrected chi connectivity index (χ4v) is 5.11. The van der Waals surface area contributed by atoms with Crippen molar-refractivity contribution in [2.24, 2.45) is 5.10 Å². The van der Waals surface area contributed by atoms with Crippen molar-refractivity contribution in [3.05, 3.63) is 139 Å². The van der Waals surface area contributed by atoms with E-state index in [1.54, 1.807) is 20.4 Å². The number of hydrazone groups is 1. The predicted octanol–water partition coefficient (Wildman–Crippen LogP) is 7.75. The lowest BCUT2D eigenvalue weighted by atomic mass is 10.0. The highest BCUT2D eigenvalue weighted by atomic mass is 16.5. The SMILES string of the molecule is COc1ccc2ccc(OC)c(/C=N\NC(=O)c3ccc(-n4c(-c5ccccc5)ccc4-c4ccccc4)cc3)c2c1. The molecule has 0 aliphatic carbocycles. The normalized spacial score (nSPS) is 11.1. The van der Waals surface area contributed by atoms with Gasteiger partial charge in [-0.25, -0.2) is 5.43 Å². The maximum atomic E-state index is 13.0. The zero-order valence-electron chi connectivity index (χ0n) is 23.3. The van der Waals surface area contributed by atoms with Crippen LogP contribution < -0.4 is 14.9 Å². The Kier molecular flexibility index (Phi) is 7.51. The highest BCUT2D eigenvalue weighted by Gasteiger charge is 2.15. The third kappa shape index (κ3) is 5.25. The van der Waals surface area contributed by atoms with Crippen LogP contribution >= 0.6 is 0 Å². The van der Waals surface area contributed by atoms with Crippen LogP contribution in [-0.2, 0) is 0 Å². The molecule has 206 valence electrons. The van der Waals surface area contributed by atoms with Crippen LogP contribution in [0.1, 0.15) is 15.9 Å². The molecule has 0 saturated carbocycles. The summed E-state index contributed by atoms with van der Waals surface area (Å²) in [6, 6.07) is 42.0. The van der Waals surface area contributed by atoms with Crippen LogP contribution in [0.5, 0.6) is 11.5 Å². The first kappa shape index (κ1) is 26.6. The molecule has 0 bridgehead atoms. The average molecular weight is 552 g/mol. The Bertz CT molecular complexity index is 1810. The molecule has 0 atom stereocenters. The second-order valence-corrected chi connectivity index (χ2v) is 9.69. The van der Waals surface area contributed by atoms with Gasteiger partial charge in [0.1, 0.15) is 11.5 Å². The van der Waals surface area contributed by atoms with Crippen molar-refractivity contribution in [2.45, 2.75) is 0 Å². The second kappa shape index (κ2) is 11.9. The van der Waals surface area contributed by atoms with Crippen molar-refractivity contribution in [1.29, 1.82) is 0 Å². The zero-order chi connectivity index (χ0) is 28.9. The Hall–Kier alpha value is -5.62. The van der Waals surface area contributed by atoms with E-state index >= 15 is 0 Å². The minimum absolute atomic E-state index is 0.311. The molecule has 0 fully saturated rings. The van der Waals surface area contributed by atoms with Crippen molar-refractivity contribution >= 4 is 22.9 Å². The number of amides is 1. The number of hydrogen-bond donors (Lipinski definition) is 1. The number of rotatable bonds is 8. The second-order valence-electron chi connectivity index (χ2n) is 9.69. The van der Waals surface area contributed by atoms with Gasteiger partial charge in [-0.15, -0.1) is 0 Å². The molecule has 6 heteroatoms. The zero-order valence-corrected chi connectivity index (χ0v) is 23.3. The molecule has 0 saturated heterocycles. The van der Waals surface area contributed by atoms with Gasteiger partial charge in [0, 0.05) is 16.8 Å². The standard InChI is InChI=1S/C36H29N3O3/c1-41-30-19-15-25-16-22-35(42-2)32(31(25)23-30)24-37-38-36(40)28-13-17-29(18-14-28)39-33(26-9-5-3-6-10-26)20-21-34(39)27-11-7-4-8-12-27/h3-24H,1-2H3,(H,38,40)/b37-24-. The van der Waals surface area contributed by atoms with E-state index in [0.29, 0.717) is 11.3 Å². The molecule has 1 amide bonds. The van der Waals surface area contributed by atoms with Gasteiger partial charge in [0.2, 0.25) is 0 Å². The summed E-state index contributed by atoms with van der Waals surface area (Å²) in [5.74, 6) is 1.06. The van der Waals surface area contributed by atoms with E-state index in [2.05, 4.69) is 51.5 Å². The van der Waals surface area contributed by atoms with Crippen LogP contribution in [0.4, 0.5) is 0 Å². The van der Waals surface area contributed by atoms with Gasteiger partial charge in [0.25, 0.3) is 5.91 Å². The summed E-state index contributed by atoms with van der Waals surface area (Å²) in [5, 5.41) is 6.18. The molecule has 0 radical (unpaired) electrons. The first-order chi connectivity index (χ1) is 20.7. The maximum Gasteiger partial charge on any atom is 0.271 e. The van der Waals surface area contributed by atoms with Gasteiger partial charge in [0.15, 0.2) is 0 Å². The van der Waals surface area contributed by atoms with Gasteiger partial charge < -0.3 is 14.0 Å². The Morgan fingerprint density at radius 1 is 0.714 bits per heavy atom. The summed E-state index contributed by atoms with van der Waals surface area (Å²) in [4.78, 5) is 13.0. The topological polar surface area (TPSA) is 64.8 Å². The Balaban J connectivity index is 1.28. The Labute approximate surface area is 244 Å². The molecule has 1 N–H and O–H groups in total. The lowest BCUT2D eigenvalue weighted by molar-refractivity contribution is 0.0955. The summed E-state index contributed by atoms with van der Waals surface area (Å²) in [7, 11) is 3.23. The van der Waals surface area contributed by atoms with Gasteiger partial charge in [-0.2, -0.15) is 5.10 Å². The molecule has 6 rings (SSSR count). The Morgan fingerprint density at radius 2 is 1.33 bits per heavy atom. The summed E-state index contributed by atoms with van der Waals surface area (Å²) in [6.07, 6.45) is 1.60. The van der Waals surface area contributed by atoms with E-state index in [0.717, 1.165) is 50.3 Å². The third-order valence-corrected chi connectivity index (χ3v) is 7.22. The van der Waals surface area contributed by atoms with Gasteiger partial charge in [-0.05, 0) is 76.5 Å². The van der Waals surface area contributed by atoms with Crippen LogP contribution in [0.25, 0.3) is 39.0 Å². The first-order valence-electron chi connectivity index (χ1n) is 13.6. The fourth-order valence-electron chi connectivity index (χ4n) is 5.11. The number of fused-ring (bicyclic) bond motifs is 1. The molecular formula is C36H29N3O3. The molecule has 1 aromatic heterocycles. The highest BCUT2D eigenvalue weighted by molar-refractivity contribution is 6.03. The quantitative estimate of drug-likeness (QED) is 0.155. The number of carbonyl (C=O) groups excluding carboxylic acids is 1. The van der Waals surface area contributed by atoms with Crippen molar-refractivity contribution < 1.29 is 14.3 Å². The summed E-state index contributed by atoms with van der Waals surface area (Å²) < 4.78 is 13.2. The smallest absolute Gasteiger partial charge is 0.271 e. The molecule has 0 aliphatic heterocycles. The molecule has 6 aromatic rings. The fraction of sp³-hybridized carbons (Fsp3) is 0.0556. The number of hydrogen-bond acceptors (Lipinski definition) is 4. The van der Waals surface area contributed by atoms with E-state index in [9.17, 15) is 4.79 Å². The average Bonchev–Trinajstić information content (AvgIpc) is 3.50. The number of aromatic nitrogens is 1. The first-order valence-corrected chi connectivity index (χ1v) is 13.6.